The highest BCUT2D eigenvalue weighted by atomic mass is 16.3. The van der Waals surface area contributed by atoms with Gasteiger partial charge in [-0.2, -0.15) is 0 Å². The summed E-state index contributed by atoms with van der Waals surface area (Å²) in [4.78, 5) is 2.32. The number of rotatable bonds is 6. The second-order valence-electron chi connectivity index (χ2n) is 16.1. The Kier molecular flexibility index (Phi) is 6.51. The van der Waals surface area contributed by atoms with Crippen LogP contribution < -0.4 is 4.90 Å². The third kappa shape index (κ3) is 5.15. The molecule has 3 heteroatoms. The van der Waals surface area contributed by atoms with Crippen LogP contribution in [-0.2, 0) is 5.41 Å². The number of hydrogen-bond donors (Lipinski definition) is 0. The van der Waals surface area contributed by atoms with Gasteiger partial charge in [0.2, 0.25) is 0 Å². The largest absolute Gasteiger partial charge is 0.456 e. The molecule has 2 aromatic heterocycles. The predicted molar refractivity (Wildman–Crippen MR) is 251 cm³/mol. The second kappa shape index (κ2) is 13.2. The Bertz CT molecular complexity index is 3730. The van der Waals surface area contributed by atoms with E-state index in [2.05, 4.69) is 145 Å². The standard InChI is InChI=1S/C57H40N2O/c1-57(2)49-22-12-9-19-44(49)45-31-29-41(35-50(45)57)58(40-27-25-38(26-28-40)37-15-5-3-6-16-37)42-30-32-47-46-20-10-13-23-51(46)59(52(47)36-42)56-43(39-17-7-4-8-18-39)33-34-54-55(56)48-21-11-14-24-53(48)60-54/h3-36H,1-2H3/i4D,7D,8D,17D,18D. The summed E-state index contributed by atoms with van der Waals surface area (Å²) in [6.45, 7) is 4.61. The lowest BCUT2D eigenvalue weighted by Gasteiger charge is -2.28. The first-order chi connectivity index (χ1) is 31.6. The van der Waals surface area contributed by atoms with Gasteiger partial charge in [-0.25, -0.2) is 0 Å². The van der Waals surface area contributed by atoms with Crippen molar-refractivity contribution < 1.29 is 11.3 Å². The molecule has 2 heterocycles. The Hall–Kier alpha value is -7.62. The van der Waals surface area contributed by atoms with Gasteiger partial charge in [-0.15, -0.1) is 0 Å². The van der Waals surface area contributed by atoms with Crippen LogP contribution in [0.4, 0.5) is 17.1 Å². The third-order valence-electron chi connectivity index (χ3n) is 12.5. The molecule has 284 valence electrons. The average Bonchev–Trinajstić information content (AvgIpc) is 3.96. The Labute approximate surface area is 356 Å². The molecule has 0 atom stereocenters. The maximum atomic E-state index is 9.22. The molecule has 0 saturated carbocycles. The number of furan rings is 1. The minimum Gasteiger partial charge on any atom is -0.456 e. The Morgan fingerprint density at radius 1 is 0.467 bits per heavy atom. The molecule has 0 unspecified atom stereocenters. The molecule has 0 spiro atoms. The Morgan fingerprint density at radius 2 is 1.10 bits per heavy atom. The second-order valence-corrected chi connectivity index (χ2v) is 16.1. The minimum absolute atomic E-state index is 0.127. The number of anilines is 3. The van der Waals surface area contributed by atoms with Gasteiger partial charge in [-0.05, 0) is 99.6 Å². The first kappa shape index (κ1) is 29.6. The fraction of sp³-hybridized carbons (Fsp3) is 0.0526. The molecule has 0 fully saturated rings. The van der Waals surface area contributed by atoms with Crippen LogP contribution in [0.3, 0.4) is 0 Å². The SMILES string of the molecule is [2H]c1c([2H])c([2H])c(-c2ccc3oc4ccccc4c3c2-n2c3ccccc3c3ccc(N(c4ccc(-c5ccccc5)cc4)c4ccc5c(c4)C(C)(C)c4ccccc4-5)cc32)c([2H])c1[2H]. The molecular weight excluding hydrogens is 729 g/mol. The van der Waals surface area contributed by atoms with E-state index in [4.69, 9.17) is 8.53 Å². The van der Waals surface area contributed by atoms with Gasteiger partial charge in [-0.1, -0.05) is 159 Å². The van der Waals surface area contributed by atoms with E-state index >= 15 is 0 Å². The number of aromatic nitrogens is 1. The van der Waals surface area contributed by atoms with Crippen molar-refractivity contribution in [2.24, 2.45) is 0 Å². The van der Waals surface area contributed by atoms with Gasteiger partial charge in [0.15, 0.2) is 0 Å². The number of nitrogens with zero attached hydrogens (tertiary/aromatic N) is 2. The summed E-state index contributed by atoms with van der Waals surface area (Å²) < 4.78 is 53.1. The third-order valence-corrected chi connectivity index (χ3v) is 12.5. The molecular formula is C57H40N2O. The molecule has 60 heavy (non-hydrogen) atoms. The van der Waals surface area contributed by atoms with Crippen molar-refractivity contribution in [2.75, 3.05) is 4.90 Å². The quantitative estimate of drug-likeness (QED) is 0.168. The number of fused-ring (bicyclic) bond motifs is 9. The van der Waals surface area contributed by atoms with Crippen molar-refractivity contribution >= 4 is 60.8 Å². The zero-order valence-corrected chi connectivity index (χ0v) is 33.0. The van der Waals surface area contributed by atoms with E-state index in [1.165, 1.54) is 22.3 Å². The van der Waals surface area contributed by atoms with E-state index in [9.17, 15) is 2.74 Å². The van der Waals surface area contributed by atoms with Gasteiger partial charge < -0.3 is 13.9 Å². The van der Waals surface area contributed by atoms with Crippen molar-refractivity contribution in [1.29, 1.82) is 0 Å². The lowest BCUT2D eigenvalue weighted by molar-refractivity contribution is 0.660. The molecule has 0 amide bonds. The van der Waals surface area contributed by atoms with Gasteiger partial charge in [0.05, 0.1) is 29.0 Å². The highest BCUT2D eigenvalue weighted by Crippen LogP contribution is 2.51. The van der Waals surface area contributed by atoms with Crippen LogP contribution in [-0.4, -0.2) is 4.57 Å². The monoisotopic (exact) mass is 773 g/mol. The summed E-state index contributed by atoms with van der Waals surface area (Å²) in [5.41, 5.74) is 14.5. The minimum atomic E-state index is -0.433. The van der Waals surface area contributed by atoms with E-state index in [-0.39, 0.29) is 35.1 Å². The summed E-state index contributed by atoms with van der Waals surface area (Å²) in [5, 5.41) is 3.66. The summed E-state index contributed by atoms with van der Waals surface area (Å²) in [5.74, 6) is 0. The topological polar surface area (TPSA) is 21.3 Å². The molecule has 0 bridgehead atoms. The average molecular weight is 774 g/mol. The molecule has 3 nitrogen and oxygen atoms in total. The normalized spacial score (nSPS) is 14.1. The van der Waals surface area contributed by atoms with E-state index in [0.717, 1.165) is 60.8 Å². The van der Waals surface area contributed by atoms with Crippen molar-refractivity contribution in [2.45, 2.75) is 19.3 Å². The fourth-order valence-corrected chi connectivity index (χ4v) is 9.67. The molecule has 11 aromatic rings. The van der Waals surface area contributed by atoms with Crippen molar-refractivity contribution in [1.82, 2.24) is 4.57 Å². The van der Waals surface area contributed by atoms with E-state index in [1.54, 1.807) is 0 Å². The van der Waals surface area contributed by atoms with Crippen molar-refractivity contribution in [3.05, 3.63) is 217 Å². The summed E-state index contributed by atoms with van der Waals surface area (Å²) in [6.07, 6.45) is 0. The maximum Gasteiger partial charge on any atom is 0.137 e. The number of hydrogen-bond acceptors (Lipinski definition) is 2. The molecule has 1 aliphatic carbocycles. The predicted octanol–water partition coefficient (Wildman–Crippen LogP) is 15.8. The first-order valence-corrected chi connectivity index (χ1v) is 20.4. The molecule has 9 aromatic carbocycles. The first-order valence-electron chi connectivity index (χ1n) is 22.9. The van der Waals surface area contributed by atoms with Crippen molar-refractivity contribution in [3.8, 4) is 39.1 Å². The summed E-state index contributed by atoms with van der Waals surface area (Å²) in [6, 6.07) is 59.3. The Balaban J connectivity index is 1.16. The number of benzene rings is 9. The molecule has 12 rings (SSSR count). The van der Waals surface area contributed by atoms with Crippen LogP contribution in [0.5, 0.6) is 0 Å². The Morgan fingerprint density at radius 3 is 1.95 bits per heavy atom. The summed E-state index contributed by atoms with van der Waals surface area (Å²) in [7, 11) is 0. The molecule has 0 radical (unpaired) electrons. The van der Waals surface area contributed by atoms with E-state index in [0.29, 0.717) is 22.4 Å². The van der Waals surface area contributed by atoms with E-state index in [1.807, 2.05) is 54.6 Å². The van der Waals surface area contributed by atoms with Gasteiger partial charge in [0.25, 0.3) is 0 Å². The van der Waals surface area contributed by atoms with Crippen LogP contribution in [0.15, 0.2) is 211 Å². The van der Waals surface area contributed by atoms with Gasteiger partial charge in [0, 0.05) is 44.2 Å². The lowest BCUT2D eigenvalue weighted by atomic mass is 9.82. The lowest BCUT2D eigenvalue weighted by Crippen LogP contribution is -2.16. The smallest absolute Gasteiger partial charge is 0.137 e. The van der Waals surface area contributed by atoms with Crippen LogP contribution in [0.1, 0.15) is 31.8 Å². The zero-order valence-electron chi connectivity index (χ0n) is 38.0. The van der Waals surface area contributed by atoms with Gasteiger partial charge in [-0.3, -0.25) is 0 Å². The van der Waals surface area contributed by atoms with Gasteiger partial charge >= 0.3 is 0 Å². The van der Waals surface area contributed by atoms with Crippen LogP contribution in [0, 0.1) is 0 Å². The van der Waals surface area contributed by atoms with Gasteiger partial charge in [0.1, 0.15) is 11.2 Å². The van der Waals surface area contributed by atoms with Crippen LogP contribution >= 0.6 is 0 Å². The maximum absolute atomic E-state index is 9.22. The fourth-order valence-electron chi connectivity index (χ4n) is 9.67. The number of para-hydroxylation sites is 2. The highest BCUT2D eigenvalue weighted by molar-refractivity contribution is 6.17. The molecule has 0 saturated heterocycles. The molecule has 0 N–H and O–H groups in total. The van der Waals surface area contributed by atoms with Crippen LogP contribution in [0.2, 0.25) is 0 Å². The highest BCUT2D eigenvalue weighted by Gasteiger charge is 2.36. The van der Waals surface area contributed by atoms with Crippen molar-refractivity contribution in [3.63, 3.8) is 0 Å². The summed E-state index contributed by atoms with van der Waals surface area (Å²) >= 11 is 0. The molecule has 1 aliphatic rings. The van der Waals surface area contributed by atoms with Crippen LogP contribution in [0.25, 0.3) is 82.8 Å². The molecule has 0 aliphatic heterocycles. The zero-order chi connectivity index (χ0) is 44.3. The van der Waals surface area contributed by atoms with E-state index < -0.39 is 6.04 Å².